The summed E-state index contributed by atoms with van der Waals surface area (Å²) in [6, 6.07) is 0. The first kappa shape index (κ1) is 13.5. The zero-order chi connectivity index (χ0) is 6.41. The molecule has 0 saturated carbocycles. The van der Waals surface area contributed by atoms with E-state index in [2.05, 4.69) is 19.1 Å². The fourth-order valence-corrected chi connectivity index (χ4v) is 1.20. The first-order valence-electron chi connectivity index (χ1n) is 2.69. The maximum atomic E-state index is 5.23. The van der Waals surface area contributed by atoms with Crippen LogP contribution in [0.1, 0.15) is 19.8 Å². The van der Waals surface area contributed by atoms with Crippen LogP contribution in [0.15, 0.2) is 0 Å². The van der Waals surface area contributed by atoms with E-state index in [1.807, 2.05) is 0 Å². The van der Waals surface area contributed by atoms with Gasteiger partial charge in [0, 0.05) is 57.1 Å². The molecular formula is C5H11KNS2. The number of thiocarbonyl (C=S) groups is 1. The Bertz CT molecular complexity index is 77.4. The van der Waals surface area contributed by atoms with Gasteiger partial charge in [-0.15, -0.1) is 0 Å². The zero-order valence-electron chi connectivity index (χ0n) is 6.02. The van der Waals surface area contributed by atoms with Crippen LogP contribution < -0.4 is 5.73 Å². The Kier molecular flexibility index (Phi) is 14.8. The average molecular weight is 188 g/mol. The van der Waals surface area contributed by atoms with Crippen molar-refractivity contribution in [3.05, 3.63) is 0 Å². The monoisotopic (exact) mass is 188 g/mol. The standard InChI is InChI=1S/C5H11NS2.K/c1-2-3-4-8-5(6)7;/h2-4H2,1H3,(H2,6,7);. The molecule has 0 aromatic heterocycles. The van der Waals surface area contributed by atoms with Crippen molar-refractivity contribution >= 4 is 79.7 Å². The van der Waals surface area contributed by atoms with Crippen LogP contribution in [0.2, 0.25) is 0 Å². The summed E-state index contributed by atoms with van der Waals surface area (Å²) in [5.74, 6) is 1.08. The van der Waals surface area contributed by atoms with Crippen LogP contribution in [0.25, 0.3) is 0 Å². The predicted octanol–water partition coefficient (Wildman–Crippen LogP) is 1.38. The van der Waals surface area contributed by atoms with E-state index < -0.39 is 0 Å². The normalized spacial score (nSPS) is 8.11. The van der Waals surface area contributed by atoms with Gasteiger partial charge in [-0.05, 0) is 6.42 Å². The molecule has 0 amide bonds. The van der Waals surface area contributed by atoms with Crippen molar-refractivity contribution in [2.24, 2.45) is 5.73 Å². The molecule has 0 aromatic rings. The topological polar surface area (TPSA) is 26.0 Å². The molecular weight excluding hydrogens is 177 g/mol. The third-order valence-electron chi connectivity index (χ3n) is 0.742. The summed E-state index contributed by atoms with van der Waals surface area (Å²) >= 11 is 6.21. The second-order valence-corrected chi connectivity index (χ2v) is 3.36. The van der Waals surface area contributed by atoms with Crippen LogP contribution in [0.3, 0.4) is 0 Å². The van der Waals surface area contributed by atoms with E-state index in [0.717, 1.165) is 5.75 Å². The zero-order valence-corrected chi connectivity index (χ0v) is 10.8. The molecule has 0 aromatic carbocycles. The predicted molar refractivity (Wildman–Crippen MR) is 49.9 cm³/mol. The molecule has 1 radical (unpaired) electrons. The van der Waals surface area contributed by atoms with Crippen LogP contribution in [0, 0.1) is 0 Å². The minimum absolute atomic E-state index is 0. The molecule has 0 unspecified atom stereocenters. The molecule has 0 aliphatic heterocycles. The van der Waals surface area contributed by atoms with Crippen molar-refractivity contribution in [1.82, 2.24) is 0 Å². The fraction of sp³-hybridized carbons (Fsp3) is 0.800. The summed E-state index contributed by atoms with van der Waals surface area (Å²) in [6.07, 6.45) is 2.43. The molecule has 0 spiro atoms. The van der Waals surface area contributed by atoms with Crippen molar-refractivity contribution in [3.8, 4) is 0 Å². The van der Waals surface area contributed by atoms with E-state index in [4.69, 9.17) is 5.73 Å². The van der Waals surface area contributed by atoms with Gasteiger partial charge in [-0.25, -0.2) is 0 Å². The Balaban J connectivity index is 0. The fourth-order valence-electron chi connectivity index (χ4n) is 0.317. The molecule has 49 valence electrons. The van der Waals surface area contributed by atoms with E-state index in [0.29, 0.717) is 4.32 Å². The minimum atomic E-state index is 0. The van der Waals surface area contributed by atoms with E-state index in [1.54, 1.807) is 11.8 Å². The quantitative estimate of drug-likeness (QED) is 0.412. The SMILES string of the molecule is CCCCSC(N)=S.[K]. The number of thioether (sulfide) groups is 1. The van der Waals surface area contributed by atoms with Gasteiger partial charge in [-0.3, -0.25) is 0 Å². The summed E-state index contributed by atoms with van der Waals surface area (Å²) < 4.78 is 0.568. The van der Waals surface area contributed by atoms with Crippen LogP contribution >= 0.6 is 24.0 Å². The van der Waals surface area contributed by atoms with E-state index >= 15 is 0 Å². The summed E-state index contributed by atoms with van der Waals surface area (Å²) in [6.45, 7) is 2.15. The van der Waals surface area contributed by atoms with Gasteiger partial charge in [0.25, 0.3) is 0 Å². The molecule has 0 atom stereocenters. The van der Waals surface area contributed by atoms with Gasteiger partial charge >= 0.3 is 0 Å². The molecule has 4 heteroatoms. The van der Waals surface area contributed by atoms with Gasteiger partial charge in [0.15, 0.2) is 0 Å². The average Bonchev–Trinajstić information content (AvgIpc) is 1.66. The number of hydrogen-bond acceptors (Lipinski definition) is 2. The maximum absolute atomic E-state index is 5.23. The van der Waals surface area contributed by atoms with E-state index in [9.17, 15) is 0 Å². The number of rotatable bonds is 3. The molecule has 0 aliphatic rings. The molecule has 0 rings (SSSR count). The Labute approximate surface area is 109 Å². The van der Waals surface area contributed by atoms with Gasteiger partial charge < -0.3 is 5.73 Å². The molecule has 0 aliphatic carbocycles. The van der Waals surface area contributed by atoms with Gasteiger partial charge in [-0.1, -0.05) is 37.3 Å². The Morgan fingerprint density at radius 2 is 2.22 bits per heavy atom. The molecule has 9 heavy (non-hydrogen) atoms. The first-order chi connectivity index (χ1) is 3.77. The molecule has 0 saturated heterocycles. The number of unbranched alkanes of at least 4 members (excludes halogenated alkanes) is 1. The smallest absolute Gasteiger partial charge is 0.131 e. The molecule has 0 bridgehead atoms. The maximum Gasteiger partial charge on any atom is 0.131 e. The minimum Gasteiger partial charge on any atom is -0.385 e. The Hall–Kier alpha value is 1.88. The van der Waals surface area contributed by atoms with Gasteiger partial charge in [0.2, 0.25) is 0 Å². The number of hydrogen-bond donors (Lipinski definition) is 1. The van der Waals surface area contributed by atoms with Gasteiger partial charge in [0.1, 0.15) is 4.32 Å². The van der Waals surface area contributed by atoms with Crippen molar-refractivity contribution < 1.29 is 0 Å². The molecule has 0 heterocycles. The van der Waals surface area contributed by atoms with Gasteiger partial charge in [0.05, 0.1) is 0 Å². The van der Waals surface area contributed by atoms with Crippen molar-refractivity contribution in [2.45, 2.75) is 19.8 Å². The van der Waals surface area contributed by atoms with Crippen molar-refractivity contribution in [3.63, 3.8) is 0 Å². The van der Waals surface area contributed by atoms with E-state index in [1.165, 1.54) is 12.8 Å². The van der Waals surface area contributed by atoms with Crippen molar-refractivity contribution in [2.75, 3.05) is 5.75 Å². The summed E-state index contributed by atoms with van der Waals surface area (Å²) in [5.41, 5.74) is 5.23. The second-order valence-electron chi connectivity index (χ2n) is 1.52. The second kappa shape index (κ2) is 9.88. The van der Waals surface area contributed by atoms with Gasteiger partial charge in [-0.2, -0.15) is 0 Å². The van der Waals surface area contributed by atoms with Crippen LogP contribution in [-0.2, 0) is 0 Å². The molecule has 2 N–H and O–H groups in total. The summed E-state index contributed by atoms with van der Waals surface area (Å²) in [5, 5.41) is 0. The molecule has 1 nitrogen and oxygen atoms in total. The molecule has 0 fully saturated rings. The summed E-state index contributed by atoms with van der Waals surface area (Å²) in [7, 11) is 0. The number of nitrogens with two attached hydrogens (primary N) is 1. The first-order valence-corrected chi connectivity index (χ1v) is 4.09. The Morgan fingerprint density at radius 1 is 1.67 bits per heavy atom. The van der Waals surface area contributed by atoms with Crippen LogP contribution in [0.5, 0.6) is 0 Å². The third-order valence-corrected chi connectivity index (χ3v) is 1.87. The third kappa shape index (κ3) is 13.0. The van der Waals surface area contributed by atoms with Crippen molar-refractivity contribution in [1.29, 1.82) is 0 Å². The van der Waals surface area contributed by atoms with Crippen LogP contribution in [0.4, 0.5) is 0 Å². The van der Waals surface area contributed by atoms with Crippen LogP contribution in [-0.4, -0.2) is 61.5 Å². The Morgan fingerprint density at radius 3 is 2.56 bits per heavy atom. The summed E-state index contributed by atoms with van der Waals surface area (Å²) in [4.78, 5) is 0. The van der Waals surface area contributed by atoms with E-state index in [-0.39, 0.29) is 51.4 Å². The largest absolute Gasteiger partial charge is 0.385 e.